The van der Waals surface area contributed by atoms with Gasteiger partial charge in [0, 0.05) is 41.3 Å². The average molecular weight is 748 g/mol. The highest BCUT2D eigenvalue weighted by molar-refractivity contribution is 9.10. The standard InChI is InChI=1S/C30H22BrClF6N4O5/c31-21-8-2-16(11-22(21)32)27(44)40-9-10-41-24(14-40)25(26(43)39-13-17-1-5-20(12-23(17)33)47-28(34)35)42(29(41)45)18-3-6-19(7-4-18)46-15-30(36,37)38/h1-8,11-12,28H,9-10,13-15H2,(H,39,43). The summed E-state index contributed by atoms with van der Waals surface area (Å²) in [6.45, 7) is -5.26. The number of carbonyl (C=O) groups is 2. The molecule has 1 N–H and O–H groups in total. The minimum Gasteiger partial charge on any atom is -0.484 e. The third-order valence-electron chi connectivity index (χ3n) is 7.03. The van der Waals surface area contributed by atoms with Crippen molar-refractivity contribution < 1.29 is 45.4 Å². The smallest absolute Gasteiger partial charge is 0.422 e. The lowest BCUT2D eigenvalue weighted by molar-refractivity contribution is -0.153. The largest absolute Gasteiger partial charge is 0.484 e. The molecule has 248 valence electrons. The van der Waals surface area contributed by atoms with Crippen molar-refractivity contribution in [3.63, 3.8) is 0 Å². The zero-order chi connectivity index (χ0) is 34.0. The van der Waals surface area contributed by atoms with Crippen molar-refractivity contribution in [2.24, 2.45) is 0 Å². The van der Waals surface area contributed by atoms with E-state index in [9.17, 15) is 40.7 Å². The van der Waals surface area contributed by atoms with Gasteiger partial charge < -0.3 is 19.7 Å². The van der Waals surface area contributed by atoms with Crippen LogP contribution in [0, 0.1) is 5.82 Å². The Morgan fingerprint density at radius 1 is 1.00 bits per heavy atom. The summed E-state index contributed by atoms with van der Waals surface area (Å²) in [5.41, 5.74) is -0.496. The van der Waals surface area contributed by atoms with Gasteiger partial charge in [0.15, 0.2) is 6.61 Å². The second-order valence-electron chi connectivity index (χ2n) is 10.1. The number of benzene rings is 3. The number of aromatic nitrogens is 2. The third kappa shape index (κ3) is 7.76. The number of hydrogen-bond donors (Lipinski definition) is 1. The number of ether oxygens (including phenoxy) is 2. The molecule has 0 fully saturated rings. The average Bonchev–Trinajstić information content (AvgIpc) is 3.31. The van der Waals surface area contributed by atoms with Gasteiger partial charge in [0.2, 0.25) is 0 Å². The minimum atomic E-state index is -4.58. The molecule has 0 radical (unpaired) electrons. The van der Waals surface area contributed by atoms with E-state index in [1.807, 2.05) is 0 Å². The fraction of sp³-hybridized carbons (Fsp3) is 0.233. The summed E-state index contributed by atoms with van der Waals surface area (Å²) >= 11 is 9.43. The van der Waals surface area contributed by atoms with Crippen LogP contribution >= 0.6 is 27.5 Å². The molecule has 5 rings (SSSR count). The molecule has 0 aliphatic carbocycles. The zero-order valence-corrected chi connectivity index (χ0v) is 26.1. The van der Waals surface area contributed by atoms with Crippen molar-refractivity contribution >= 4 is 39.3 Å². The Balaban J connectivity index is 1.49. The number of alkyl halides is 5. The molecule has 17 heteroatoms. The summed E-state index contributed by atoms with van der Waals surface area (Å²) in [5.74, 6) is -2.81. The van der Waals surface area contributed by atoms with E-state index in [1.165, 1.54) is 39.8 Å². The van der Waals surface area contributed by atoms with Gasteiger partial charge in [0.1, 0.15) is 23.0 Å². The highest BCUT2D eigenvalue weighted by Gasteiger charge is 2.33. The number of carbonyl (C=O) groups excluding carboxylic acids is 2. The predicted molar refractivity (Wildman–Crippen MR) is 160 cm³/mol. The summed E-state index contributed by atoms with van der Waals surface area (Å²) in [4.78, 5) is 42.2. The van der Waals surface area contributed by atoms with Crippen LogP contribution in [0.2, 0.25) is 5.02 Å². The second-order valence-corrected chi connectivity index (χ2v) is 11.4. The Morgan fingerprint density at radius 3 is 2.34 bits per heavy atom. The Bertz CT molecular complexity index is 1880. The van der Waals surface area contributed by atoms with E-state index < -0.39 is 55.0 Å². The molecule has 0 atom stereocenters. The van der Waals surface area contributed by atoms with Crippen molar-refractivity contribution in [3.05, 3.63) is 109 Å². The number of halogens is 8. The molecule has 0 bridgehead atoms. The van der Waals surface area contributed by atoms with Gasteiger partial charge >= 0.3 is 18.5 Å². The van der Waals surface area contributed by atoms with Crippen LogP contribution in [0.25, 0.3) is 5.69 Å². The molecule has 4 aromatic rings. The molecule has 2 heterocycles. The van der Waals surface area contributed by atoms with Gasteiger partial charge in [-0.25, -0.2) is 9.18 Å². The number of nitrogens with one attached hydrogen (secondary N) is 1. The Labute approximate surface area is 275 Å². The van der Waals surface area contributed by atoms with Crippen LogP contribution in [-0.2, 0) is 19.6 Å². The predicted octanol–water partition coefficient (Wildman–Crippen LogP) is 6.32. The van der Waals surface area contributed by atoms with Crippen LogP contribution in [0.4, 0.5) is 26.3 Å². The third-order valence-corrected chi connectivity index (χ3v) is 8.27. The number of rotatable bonds is 9. The molecule has 0 unspecified atom stereocenters. The molecule has 0 saturated heterocycles. The van der Waals surface area contributed by atoms with Gasteiger partial charge in [0.25, 0.3) is 11.8 Å². The van der Waals surface area contributed by atoms with Crippen molar-refractivity contribution in [1.82, 2.24) is 19.4 Å². The molecule has 9 nitrogen and oxygen atoms in total. The number of amides is 2. The van der Waals surface area contributed by atoms with Crippen molar-refractivity contribution in [3.8, 4) is 17.2 Å². The highest BCUT2D eigenvalue weighted by atomic mass is 79.9. The molecule has 2 amide bonds. The first-order valence-corrected chi connectivity index (χ1v) is 14.8. The monoisotopic (exact) mass is 746 g/mol. The van der Waals surface area contributed by atoms with Crippen molar-refractivity contribution in [2.45, 2.75) is 32.4 Å². The van der Waals surface area contributed by atoms with Crippen molar-refractivity contribution in [1.29, 1.82) is 0 Å². The lowest BCUT2D eigenvalue weighted by atomic mass is 10.1. The Hall–Kier alpha value is -4.44. The lowest BCUT2D eigenvalue weighted by Crippen LogP contribution is -2.41. The van der Waals surface area contributed by atoms with Crippen LogP contribution in [0.5, 0.6) is 11.5 Å². The van der Waals surface area contributed by atoms with Gasteiger partial charge in [-0.15, -0.1) is 0 Å². The molecular weight excluding hydrogens is 726 g/mol. The van der Waals surface area contributed by atoms with Crippen LogP contribution in [-0.4, -0.2) is 51.8 Å². The first kappa shape index (κ1) is 33.9. The first-order valence-electron chi connectivity index (χ1n) is 13.6. The number of imidazole rings is 1. The van der Waals surface area contributed by atoms with Gasteiger partial charge in [-0.3, -0.25) is 18.7 Å². The van der Waals surface area contributed by atoms with Crippen molar-refractivity contribution in [2.75, 3.05) is 13.2 Å². The van der Waals surface area contributed by atoms with E-state index in [1.54, 1.807) is 12.1 Å². The summed E-state index contributed by atoms with van der Waals surface area (Å²) in [6.07, 6.45) is -4.58. The molecule has 1 aliphatic rings. The molecule has 1 aromatic heterocycles. The summed E-state index contributed by atoms with van der Waals surface area (Å²) in [5, 5.41) is 2.80. The van der Waals surface area contributed by atoms with Crippen LogP contribution in [0.15, 0.2) is 69.9 Å². The van der Waals surface area contributed by atoms with Gasteiger partial charge in [0.05, 0.1) is 22.9 Å². The van der Waals surface area contributed by atoms with Gasteiger partial charge in [-0.05, 0) is 64.5 Å². The molecule has 1 aliphatic heterocycles. The number of hydrogen-bond acceptors (Lipinski definition) is 5. The maximum absolute atomic E-state index is 14.6. The minimum absolute atomic E-state index is 0.00947. The number of fused-ring (bicyclic) bond motifs is 1. The highest BCUT2D eigenvalue weighted by Crippen LogP contribution is 2.27. The zero-order valence-electron chi connectivity index (χ0n) is 23.8. The van der Waals surface area contributed by atoms with Crippen LogP contribution < -0.4 is 20.5 Å². The molecule has 3 aromatic carbocycles. The fourth-order valence-corrected chi connectivity index (χ4v) is 5.31. The molecule has 0 spiro atoms. The van der Waals surface area contributed by atoms with E-state index >= 15 is 0 Å². The van der Waals surface area contributed by atoms with Crippen LogP contribution in [0.1, 0.15) is 32.1 Å². The van der Waals surface area contributed by atoms with E-state index in [0.29, 0.717) is 9.50 Å². The molecule has 47 heavy (non-hydrogen) atoms. The molecular formula is C30H22BrClF6N4O5. The maximum atomic E-state index is 14.6. The first-order chi connectivity index (χ1) is 22.2. The van der Waals surface area contributed by atoms with Gasteiger partial charge in [-0.1, -0.05) is 17.7 Å². The summed E-state index contributed by atoms with van der Waals surface area (Å²) in [6, 6.07) is 12.5. The molecule has 0 saturated carbocycles. The van der Waals surface area contributed by atoms with E-state index in [4.69, 9.17) is 16.3 Å². The lowest BCUT2D eigenvalue weighted by Gasteiger charge is -2.28. The van der Waals surface area contributed by atoms with E-state index in [2.05, 4.69) is 26.0 Å². The summed E-state index contributed by atoms with van der Waals surface area (Å²) < 4.78 is 89.3. The SMILES string of the molecule is O=C(NCc1ccc(OC(F)F)cc1F)c1c2n(c(=O)n1-c1ccc(OCC(F)(F)F)cc1)CCN(C(=O)c1ccc(Br)c(Cl)c1)C2. The Morgan fingerprint density at radius 2 is 1.70 bits per heavy atom. The van der Waals surface area contributed by atoms with E-state index in [-0.39, 0.29) is 53.6 Å². The van der Waals surface area contributed by atoms with E-state index in [0.717, 1.165) is 22.8 Å². The Kier molecular flexibility index (Phi) is 9.91. The normalized spacial score (nSPS) is 13.0. The maximum Gasteiger partial charge on any atom is 0.422 e. The quantitative estimate of drug-likeness (QED) is 0.202. The summed E-state index contributed by atoms with van der Waals surface area (Å²) in [7, 11) is 0. The second kappa shape index (κ2) is 13.7. The topological polar surface area (TPSA) is 94.8 Å². The van der Waals surface area contributed by atoms with Crippen LogP contribution in [0.3, 0.4) is 0 Å². The van der Waals surface area contributed by atoms with Gasteiger partial charge in [-0.2, -0.15) is 22.0 Å². The fourth-order valence-electron chi connectivity index (χ4n) is 4.88. The number of nitrogens with zero attached hydrogens (tertiary/aromatic N) is 3.